The Morgan fingerprint density at radius 3 is 2.55 bits per heavy atom. The van der Waals surface area contributed by atoms with E-state index >= 15 is 0 Å². The van der Waals surface area contributed by atoms with Gasteiger partial charge in [0.25, 0.3) is 0 Å². The predicted molar refractivity (Wildman–Crippen MR) is 130 cm³/mol. The van der Waals surface area contributed by atoms with Crippen molar-refractivity contribution < 1.29 is 4.79 Å². The molecule has 1 amide bonds. The molecule has 2 heterocycles. The average molecular weight is 476 g/mol. The Bertz CT molecular complexity index is 1230. The molecule has 166 valence electrons. The van der Waals surface area contributed by atoms with E-state index in [1.165, 1.54) is 11.8 Å². The molecule has 33 heavy (non-hydrogen) atoms. The number of amides is 1. The molecule has 1 fully saturated rings. The first-order valence-electron chi connectivity index (χ1n) is 10.8. The van der Waals surface area contributed by atoms with Crippen molar-refractivity contribution >= 4 is 29.3 Å². The highest BCUT2D eigenvalue weighted by atomic mass is 35.5. The van der Waals surface area contributed by atoms with Crippen molar-refractivity contribution in [3.8, 4) is 17.1 Å². The number of carbonyl (C=O) groups excluding carboxylic acids is 1. The van der Waals surface area contributed by atoms with Crippen LogP contribution in [0.15, 0.2) is 84.3 Å². The van der Waals surface area contributed by atoms with Crippen molar-refractivity contribution in [2.24, 2.45) is 5.92 Å². The molecule has 0 saturated heterocycles. The zero-order valence-corrected chi connectivity index (χ0v) is 19.3. The van der Waals surface area contributed by atoms with Gasteiger partial charge in [0, 0.05) is 28.7 Å². The number of pyridine rings is 1. The summed E-state index contributed by atoms with van der Waals surface area (Å²) in [5, 5.41) is 13.4. The highest BCUT2D eigenvalue weighted by Crippen LogP contribution is 2.41. The number of para-hydroxylation sites is 1. The Hall–Kier alpha value is -3.16. The summed E-state index contributed by atoms with van der Waals surface area (Å²) in [5.41, 5.74) is 2.88. The molecule has 1 aliphatic rings. The number of nitrogens with one attached hydrogen (secondary N) is 1. The van der Waals surface area contributed by atoms with E-state index in [-0.39, 0.29) is 17.7 Å². The summed E-state index contributed by atoms with van der Waals surface area (Å²) >= 11 is 7.41. The van der Waals surface area contributed by atoms with Crippen LogP contribution in [-0.2, 0) is 4.79 Å². The number of carbonyl (C=O) groups is 1. The molecule has 8 heteroatoms. The highest BCUT2D eigenvalue weighted by molar-refractivity contribution is 7.99. The van der Waals surface area contributed by atoms with Gasteiger partial charge in [0.1, 0.15) is 0 Å². The quantitative estimate of drug-likeness (QED) is 0.348. The maximum absolute atomic E-state index is 12.9. The Kier molecular flexibility index (Phi) is 6.41. The molecule has 0 aliphatic heterocycles. The van der Waals surface area contributed by atoms with Gasteiger partial charge in [-0.15, -0.1) is 10.2 Å². The van der Waals surface area contributed by atoms with Crippen molar-refractivity contribution in [2.45, 2.75) is 24.0 Å². The van der Waals surface area contributed by atoms with E-state index in [0.29, 0.717) is 21.9 Å². The second-order valence-electron chi connectivity index (χ2n) is 7.94. The maximum atomic E-state index is 12.9. The lowest BCUT2D eigenvalue weighted by atomic mass is 10.0. The first kappa shape index (κ1) is 21.7. The molecule has 1 aliphatic carbocycles. The van der Waals surface area contributed by atoms with Gasteiger partial charge in [-0.25, -0.2) is 0 Å². The van der Waals surface area contributed by atoms with E-state index in [1.807, 2.05) is 71.3 Å². The zero-order chi connectivity index (χ0) is 22.6. The molecular formula is C25H22ClN5OS. The van der Waals surface area contributed by atoms with Crippen molar-refractivity contribution in [3.05, 3.63) is 89.7 Å². The standard InChI is InChI=1S/C25H22ClN5OS/c26-20-12-10-18(11-13-20)23(17-8-9-17)28-22(32)16-33-25-30-29-24(19-5-4-14-27-15-19)31(25)21-6-2-1-3-7-21/h1-7,10-15,17,23H,8-9,16H2,(H,28,32)/t23-/m0/s1. The minimum atomic E-state index is -0.0302. The Balaban J connectivity index is 1.34. The number of rotatable bonds is 8. The van der Waals surface area contributed by atoms with Crippen LogP contribution < -0.4 is 5.32 Å². The van der Waals surface area contributed by atoms with Crippen LogP contribution in [0.5, 0.6) is 0 Å². The fourth-order valence-electron chi connectivity index (χ4n) is 3.77. The van der Waals surface area contributed by atoms with Gasteiger partial charge in [-0.2, -0.15) is 0 Å². The van der Waals surface area contributed by atoms with E-state index in [9.17, 15) is 4.79 Å². The lowest BCUT2D eigenvalue weighted by molar-refractivity contribution is -0.119. The van der Waals surface area contributed by atoms with Crippen LogP contribution in [0.3, 0.4) is 0 Å². The first-order chi connectivity index (χ1) is 16.2. The van der Waals surface area contributed by atoms with Crippen LogP contribution >= 0.6 is 23.4 Å². The zero-order valence-electron chi connectivity index (χ0n) is 17.8. The number of hydrogen-bond acceptors (Lipinski definition) is 5. The second-order valence-corrected chi connectivity index (χ2v) is 9.32. The Morgan fingerprint density at radius 1 is 1.06 bits per heavy atom. The SMILES string of the molecule is O=C(CSc1nnc(-c2cccnc2)n1-c1ccccc1)N[C@H](c1ccc(Cl)cc1)C1CC1. The smallest absolute Gasteiger partial charge is 0.230 e. The minimum Gasteiger partial charge on any atom is -0.348 e. The molecule has 5 rings (SSSR count). The number of thioether (sulfide) groups is 1. The van der Waals surface area contributed by atoms with Gasteiger partial charge in [0.2, 0.25) is 5.91 Å². The summed E-state index contributed by atoms with van der Waals surface area (Å²) < 4.78 is 1.96. The summed E-state index contributed by atoms with van der Waals surface area (Å²) in [7, 11) is 0. The normalized spacial score (nSPS) is 14.1. The van der Waals surface area contributed by atoms with Gasteiger partial charge in [0.15, 0.2) is 11.0 Å². The molecule has 4 aromatic rings. The van der Waals surface area contributed by atoms with E-state index in [0.717, 1.165) is 29.7 Å². The Labute approximate surface area is 201 Å². The third-order valence-electron chi connectivity index (χ3n) is 5.54. The fraction of sp³-hybridized carbons (Fsp3) is 0.200. The lowest BCUT2D eigenvalue weighted by Gasteiger charge is -2.19. The Morgan fingerprint density at radius 2 is 1.85 bits per heavy atom. The van der Waals surface area contributed by atoms with Crippen molar-refractivity contribution in [3.63, 3.8) is 0 Å². The van der Waals surface area contributed by atoms with Crippen LogP contribution in [0.1, 0.15) is 24.4 Å². The van der Waals surface area contributed by atoms with Crippen LogP contribution in [0.25, 0.3) is 17.1 Å². The number of nitrogens with zero attached hydrogens (tertiary/aromatic N) is 4. The third kappa shape index (κ3) is 5.10. The highest BCUT2D eigenvalue weighted by Gasteiger charge is 2.33. The summed E-state index contributed by atoms with van der Waals surface area (Å²) in [4.78, 5) is 17.1. The molecule has 1 atom stereocenters. The van der Waals surface area contributed by atoms with Gasteiger partial charge < -0.3 is 5.32 Å². The van der Waals surface area contributed by atoms with Crippen molar-refractivity contribution in [1.82, 2.24) is 25.1 Å². The average Bonchev–Trinajstić information content (AvgIpc) is 3.61. The summed E-state index contributed by atoms with van der Waals surface area (Å²) in [6, 6.07) is 21.4. The van der Waals surface area contributed by atoms with Crippen LogP contribution in [-0.4, -0.2) is 31.4 Å². The number of benzene rings is 2. The molecule has 0 spiro atoms. The van der Waals surface area contributed by atoms with Crippen LogP contribution in [0.4, 0.5) is 0 Å². The van der Waals surface area contributed by atoms with Crippen LogP contribution in [0, 0.1) is 5.92 Å². The lowest BCUT2D eigenvalue weighted by Crippen LogP contribution is -2.31. The molecule has 0 unspecified atom stereocenters. The van der Waals surface area contributed by atoms with Crippen LogP contribution in [0.2, 0.25) is 5.02 Å². The molecule has 0 bridgehead atoms. The van der Waals surface area contributed by atoms with E-state index in [1.54, 1.807) is 12.4 Å². The summed E-state index contributed by atoms with van der Waals surface area (Å²) in [5.74, 6) is 1.38. The summed E-state index contributed by atoms with van der Waals surface area (Å²) in [6.45, 7) is 0. The summed E-state index contributed by atoms with van der Waals surface area (Å²) in [6.07, 6.45) is 5.73. The molecule has 2 aromatic carbocycles. The van der Waals surface area contributed by atoms with Gasteiger partial charge >= 0.3 is 0 Å². The third-order valence-corrected chi connectivity index (χ3v) is 6.72. The number of halogens is 1. The van der Waals surface area contributed by atoms with E-state index in [2.05, 4.69) is 20.5 Å². The molecule has 0 radical (unpaired) electrons. The van der Waals surface area contributed by atoms with E-state index in [4.69, 9.17) is 11.6 Å². The first-order valence-corrected chi connectivity index (χ1v) is 12.1. The van der Waals surface area contributed by atoms with Gasteiger partial charge in [-0.05, 0) is 60.7 Å². The fourth-order valence-corrected chi connectivity index (χ4v) is 4.66. The van der Waals surface area contributed by atoms with Gasteiger partial charge in [0.05, 0.1) is 11.8 Å². The predicted octanol–water partition coefficient (Wildman–Crippen LogP) is 5.34. The van der Waals surface area contributed by atoms with Crippen molar-refractivity contribution in [2.75, 3.05) is 5.75 Å². The molecular weight excluding hydrogens is 454 g/mol. The number of hydrogen-bond donors (Lipinski definition) is 1. The molecule has 1 saturated carbocycles. The monoisotopic (exact) mass is 475 g/mol. The largest absolute Gasteiger partial charge is 0.348 e. The maximum Gasteiger partial charge on any atom is 0.230 e. The van der Waals surface area contributed by atoms with Gasteiger partial charge in [-0.3, -0.25) is 14.3 Å². The second kappa shape index (κ2) is 9.77. The van der Waals surface area contributed by atoms with E-state index < -0.39 is 0 Å². The van der Waals surface area contributed by atoms with Gasteiger partial charge in [-0.1, -0.05) is 53.7 Å². The molecule has 1 N–H and O–H groups in total. The molecule has 6 nitrogen and oxygen atoms in total. The minimum absolute atomic E-state index is 0.00770. The topological polar surface area (TPSA) is 72.7 Å². The van der Waals surface area contributed by atoms with Crippen molar-refractivity contribution in [1.29, 1.82) is 0 Å². The number of aromatic nitrogens is 4. The molecule has 2 aromatic heterocycles.